The number of piperidine rings is 1. The Morgan fingerprint density at radius 1 is 1.53 bits per heavy atom. The van der Waals surface area contributed by atoms with Gasteiger partial charge in [0.2, 0.25) is 0 Å². The zero-order valence-corrected chi connectivity index (χ0v) is 13.6. The van der Waals surface area contributed by atoms with Crippen LogP contribution in [0.2, 0.25) is 5.02 Å². The molecule has 0 spiro atoms. The van der Waals surface area contributed by atoms with Crippen LogP contribution in [0.15, 0.2) is 22.7 Å². The van der Waals surface area contributed by atoms with E-state index in [0.29, 0.717) is 23.0 Å². The Balaban J connectivity index is 0.00000180. The number of carbonyl (C=O) groups is 1. The molecule has 0 aromatic heterocycles. The van der Waals surface area contributed by atoms with Crippen LogP contribution in [0.4, 0.5) is 0 Å². The van der Waals surface area contributed by atoms with Crippen LogP contribution in [0.3, 0.4) is 0 Å². The number of rotatable bonds is 2. The first-order valence-corrected chi connectivity index (χ1v) is 7.23. The molecule has 19 heavy (non-hydrogen) atoms. The van der Waals surface area contributed by atoms with E-state index in [0.717, 1.165) is 30.4 Å². The molecular weight excluding hydrogens is 351 g/mol. The molecule has 0 bridgehead atoms. The molecule has 0 saturated carbocycles. The minimum atomic E-state index is 0. The maximum Gasteiger partial charge on any atom is 0.255 e. The molecule has 1 aromatic carbocycles. The lowest BCUT2D eigenvalue weighted by Crippen LogP contribution is -2.42. The maximum absolute atomic E-state index is 12.4. The number of hydrogen-bond donors (Lipinski definition) is 1. The fourth-order valence-electron chi connectivity index (χ4n) is 2.27. The van der Waals surface area contributed by atoms with Gasteiger partial charge in [0.05, 0.1) is 5.56 Å². The van der Waals surface area contributed by atoms with E-state index in [4.69, 9.17) is 17.3 Å². The van der Waals surface area contributed by atoms with Crippen LogP contribution in [-0.2, 0) is 0 Å². The van der Waals surface area contributed by atoms with Gasteiger partial charge in [0, 0.05) is 22.6 Å². The van der Waals surface area contributed by atoms with Crippen LogP contribution in [0, 0.1) is 5.92 Å². The van der Waals surface area contributed by atoms with Gasteiger partial charge in [-0.05, 0) is 59.4 Å². The van der Waals surface area contributed by atoms with E-state index in [-0.39, 0.29) is 18.3 Å². The summed E-state index contributed by atoms with van der Waals surface area (Å²) in [6, 6.07) is 5.28. The Morgan fingerprint density at radius 2 is 2.26 bits per heavy atom. The maximum atomic E-state index is 12.4. The second-order valence-corrected chi connectivity index (χ2v) is 5.91. The molecule has 1 aliphatic rings. The summed E-state index contributed by atoms with van der Waals surface area (Å²) < 4.78 is 0.784. The van der Waals surface area contributed by atoms with E-state index in [2.05, 4.69) is 15.9 Å². The lowest BCUT2D eigenvalue weighted by atomic mass is 9.97. The first-order chi connectivity index (χ1) is 8.61. The first kappa shape index (κ1) is 16.8. The lowest BCUT2D eigenvalue weighted by molar-refractivity contribution is 0.0677. The van der Waals surface area contributed by atoms with Crippen molar-refractivity contribution in [1.29, 1.82) is 0 Å². The number of likely N-dealkylation sites (tertiary alicyclic amines) is 1. The zero-order chi connectivity index (χ0) is 13.1. The fraction of sp³-hybridized carbons (Fsp3) is 0.462. The summed E-state index contributed by atoms with van der Waals surface area (Å²) in [5.74, 6) is 0.447. The predicted octanol–water partition coefficient (Wildman–Crippen LogP) is 3.34. The van der Waals surface area contributed by atoms with Gasteiger partial charge in [0.15, 0.2) is 0 Å². The second-order valence-electron chi connectivity index (χ2n) is 4.62. The molecule has 2 rings (SSSR count). The van der Waals surface area contributed by atoms with Crippen LogP contribution in [0.1, 0.15) is 23.2 Å². The largest absolute Gasteiger partial charge is 0.338 e. The number of halogens is 3. The Bertz CT molecular complexity index is 456. The van der Waals surface area contributed by atoms with Crippen molar-refractivity contribution in [2.45, 2.75) is 12.8 Å². The smallest absolute Gasteiger partial charge is 0.255 e. The van der Waals surface area contributed by atoms with Gasteiger partial charge in [0.1, 0.15) is 0 Å². The van der Waals surface area contributed by atoms with Gasteiger partial charge in [-0.2, -0.15) is 0 Å². The van der Waals surface area contributed by atoms with E-state index >= 15 is 0 Å². The predicted molar refractivity (Wildman–Crippen MR) is 84.1 cm³/mol. The molecule has 1 fully saturated rings. The molecule has 1 aromatic rings. The topological polar surface area (TPSA) is 46.3 Å². The van der Waals surface area contributed by atoms with Crippen molar-refractivity contribution in [1.82, 2.24) is 4.90 Å². The third-order valence-corrected chi connectivity index (χ3v) is 4.22. The van der Waals surface area contributed by atoms with Crippen LogP contribution < -0.4 is 5.73 Å². The number of carbonyl (C=O) groups excluding carboxylic acids is 1. The molecule has 0 radical (unpaired) electrons. The minimum Gasteiger partial charge on any atom is -0.338 e. The normalized spacial score (nSPS) is 18.9. The summed E-state index contributed by atoms with van der Waals surface area (Å²) in [5.41, 5.74) is 6.32. The molecule has 1 atom stereocenters. The summed E-state index contributed by atoms with van der Waals surface area (Å²) in [5, 5.41) is 0.578. The van der Waals surface area contributed by atoms with Crippen molar-refractivity contribution in [2.24, 2.45) is 11.7 Å². The highest BCUT2D eigenvalue weighted by Crippen LogP contribution is 2.25. The summed E-state index contributed by atoms with van der Waals surface area (Å²) in [6.45, 7) is 2.18. The van der Waals surface area contributed by atoms with Crippen molar-refractivity contribution in [2.75, 3.05) is 19.6 Å². The van der Waals surface area contributed by atoms with E-state index in [1.54, 1.807) is 18.2 Å². The van der Waals surface area contributed by atoms with Crippen molar-refractivity contribution in [3.63, 3.8) is 0 Å². The van der Waals surface area contributed by atoms with Gasteiger partial charge in [0.25, 0.3) is 5.91 Å². The van der Waals surface area contributed by atoms with Gasteiger partial charge in [-0.3, -0.25) is 4.79 Å². The van der Waals surface area contributed by atoms with Crippen LogP contribution in [0.25, 0.3) is 0 Å². The van der Waals surface area contributed by atoms with E-state index in [9.17, 15) is 4.79 Å². The molecule has 1 heterocycles. The van der Waals surface area contributed by atoms with E-state index in [1.807, 2.05) is 4.90 Å². The number of benzene rings is 1. The highest BCUT2D eigenvalue weighted by atomic mass is 79.9. The van der Waals surface area contributed by atoms with Gasteiger partial charge in [-0.25, -0.2) is 0 Å². The summed E-state index contributed by atoms with van der Waals surface area (Å²) in [4.78, 5) is 14.3. The summed E-state index contributed by atoms with van der Waals surface area (Å²) >= 11 is 9.34. The Morgan fingerprint density at radius 3 is 2.95 bits per heavy atom. The van der Waals surface area contributed by atoms with Crippen molar-refractivity contribution in [3.8, 4) is 0 Å². The molecule has 1 unspecified atom stereocenters. The Labute approximate surface area is 133 Å². The molecule has 2 N–H and O–H groups in total. The molecule has 1 aliphatic heterocycles. The molecule has 1 saturated heterocycles. The van der Waals surface area contributed by atoms with Crippen LogP contribution in [-0.4, -0.2) is 30.4 Å². The van der Waals surface area contributed by atoms with Crippen molar-refractivity contribution >= 4 is 45.8 Å². The second kappa shape index (κ2) is 7.48. The molecule has 0 aliphatic carbocycles. The minimum absolute atomic E-state index is 0. The molecule has 3 nitrogen and oxygen atoms in total. The number of nitrogens with two attached hydrogens (primary N) is 1. The fourth-order valence-corrected chi connectivity index (χ4v) is 2.86. The molecular formula is C13H17BrCl2N2O. The monoisotopic (exact) mass is 366 g/mol. The van der Waals surface area contributed by atoms with Crippen molar-refractivity contribution in [3.05, 3.63) is 33.3 Å². The van der Waals surface area contributed by atoms with Gasteiger partial charge >= 0.3 is 0 Å². The average molecular weight is 368 g/mol. The van der Waals surface area contributed by atoms with E-state index < -0.39 is 0 Å². The van der Waals surface area contributed by atoms with E-state index in [1.165, 1.54) is 0 Å². The zero-order valence-electron chi connectivity index (χ0n) is 10.4. The highest BCUT2D eigenvalue weighted by molar-refractivity contribution is 9.10. The summed E-state index contributed by atoms with van der Waals surface area (Å²) in [6.07, 6.45) is 2.13. The SMILES string of the molecule is Cl.NCC1CCCN(C(=O)c2cc(Cl)ccc2Br)C1. The lowest BCUT2D eigenvalue weighted by Gasteiger charge is -2.32. The first-order valence-electron chi connectivity index (χ1n) is 6.06. The summed E-state index contributed by atoms with van der Waals surface area (Å²) in [7, 11) is 0. The van der Waals surface area contributed by atoms with Gasteiger partial charge in [-0.15, -0.1) is 12.4 Å². The third-order valence-electron chi connectivity index (χ3n) is 3.30. The standard InChI is InChI=1S/C13H16BrClN2O.ClH/c14-12-4-3-10(15)6-11(12)13(18)17-5-1-2-9(7-16)8-17;/h3-4,6,9H,1-2,5,7-8,16H2;1H. The van der Waals surface area contributed by atoms with Crippen LogP contribution in [0.5, 0.6) is 0 Å². The molecule has 6 heteroatoms. The number of amides is 1. The third kappa shape index (κ3) is 4.09. The Hall–Kier alpha value is -0.290. The Kier molecular flexibility index (Phi) is 6.60. The van der Waals surface area contributed by atoms with Gasteiger partial charge < -0.3 is 10.6 Å². The number of hydrogen-bond acceptors (Lipinski definition) is 2. The average Bonchev–Trinajstić information content (AvgIpc) is 2.41. The highest BCUT2D eigenvalue weighted by Gasteiger charge is 2.24. The molecule has 106 valence electrons. The molecule has 1 amide bonds. The quantitative estimate of drug-likeness (QED) is 0.871. The van der Waals surface area contributed by atoms with Crippen LogP contribution >= 0.6 is 39.9 Å². The van der Waals surface area contributed by atoms with Crippen molar-refractivity contribution < 1.29 is 4.79 Å². The van der Waals surface area contributed by atoms with Gasteiger partial charge in [-0.1, -0.05) is 11.6 Å². The number of nitrogens with zero attached hydrogens (tertiary/aromatic N) is 1.